The van der Waals surface area contributed by atoms with E-state index in [1.807, 2.05) is 78.6 Å². The average molecular weight is 466 g/mol. The summed E-state index contributed by atoms with van der Waals surface area (Å²) in [6.07, 6.45) is 6.93. The summed E-state index contributed by atoms with van der Waals surface area (Å²) in [5, 5.41) is 0. The Morgan fingerprint density at radius 1 is 0.943 bits per heavy atom. The Kier molecular flexibility index (Phi) is 6.10. The number of benzene rings is 1. The molecule has 1 aliphatic heterocycles. The van der Waals surface area contributed by atoms with Gasteiger partial charge in [0, 0.05) is 50.4 Å². The number of carbonyl (C=O) groups excluding carboxylic acids is 1. The molecule has 1 amide bonds. The molecule has 0 aliphatic carbocycles. The van der Waals surface area contributed by atoms with E-state index in [0.29, 0.717) is 23.9 Å². The molecule has 35 heavy (non-hydrogen) atoms. The molecule has 1 fully saturated rings. The molecule has 0 saturated carbocycles. The number of amides is 1. The van der Waals surface area contributed by atoms with Gasteiger partial charge in [0.15, 0.2) is 0 Å². The lowest BCUT2D eigenvalue weighted by Gasteiger charge is -2.27. The lowest BCUT2D eigenvalue weighted by molar-refractivity contribution is 0.0733. The smallest absolute Gasteiger partial charge is 0.255 e. The highest BCUT2D eigenvalue weighted by molar-refractivity contribution is 5.94. The normalized spacial score (nSPS) is 15.3. The predicted octanol–water partition coefficient (Wildman–Crippen LogP) is 4.23. The van der Waals surface area contributed by atoms with E-state index >= 15 is 0 Å². The minimum atomic E-state index is -0.139. The molecule has 1 saturated heterocycles. The lowest BCUT2D eigenvalue weighted by atomic mass is 9.99. The Hall–Kier alpha value is -4.33. The third-order valence-electron chi connectivity index (χ3n) is 6.21. The number of pyridine rings is 2. The van der Waals surface area contributed by atoms with E-state index in [4.69, 9.17) is 10.7 Å². The highest BCUT2D eigenvalue weighted by atomic mass is 16.2. The number of aromatic nitrogens is 4. The molecule has 0 radical (unpaired) electrons. The van der Waals surface area contributed by atoms with Gasteiger partial charge in [-0.1, -0.05) is 30.3 Å². The molecule has 176 valence electrons. The summed E-state index contributed by atoms with van der Waals surface area (Å²) >= 11 is 0. The molecule has 4 heterocycles. The van der Waals surface area contributed by atoms with Gasteiger partial charge < -0.3 is 15.5 Å². The molecule has 1 aromatic carbocycles. The molecule has 5 rings (SSSR count). The SMILES string of the molecule is CN(C)c1ncc(-c2ccccc2)c([C@@H]2CCCN2C(=O)c2ccc(-c3ccc(N)nc3)nc2)n1. The van der Waals surface area contributed by atoms with E-state index in [1.54, 1.807) is 18.5 Å². The first kappa shape index (κ1) is 22.5. The molecule has 1 aliphatic rings. The van der Waals surface area contributed by atoms with Gasteiger partial charge in [-0.05, 0) is 42.7 Å². The van der Waals surface area contributed by atoms with Crippen LogP contribution in [0.3, 0.4) is 0 Å². The van der Waals surface area contributed by atoms with Crippen LogP contribution >= 0.6 is 0 Å². The van der Waals surface area contributed by atoms with Crippen LogP contribution in [0, 0.1) is 0 Å². The van der Waals surface area contributed by atoms with Crippen molar-refractivity contribution in [2.45, 2.75) is 18.9 Å². The molecule has 3 aromatic heterocycles. The van der Waals surface area contributed by atoms with Crippen molar-refractivity contribution in [3.05, 3.63) is 84.4 Å². The molecule has 0 bridgehead atoms. The highest BCUT2D eigenvalue weighted by Gasteiger charge is 2.34. The fraction of sp³-hybridized carbons (Fsp3) is 0.222. The Bertz CT molecular complexity index is 1320. The lowest BCUT2D eigenvalue weighted by Crippen LogP contribution is -2.31. The summed E-state index contributed by atoms with van der Waals surface area (Å²) in [6, 6.07) is 17.2. The number of nitrogen functional groups attached to an aromatic ring is 1. The third-order valence-corrected chi connectivity index (χ3v) is 6.21. The van der Waals surface area contributed by atoms with Crippen LogP contribution in [0.25, 0.3) is 22.4 Å². The van der Waals surface area contributed by atoms with Crippen molar-refractivity contribution in [3.8, 4) is 22.4 Å². The van der Waals surface area contributed by atoms with E-state index < -0.39 is 0 Å². The van der Waals surface area contributed by atoms with Gasteiger partial charge in [-0.2, -0.15) is 0 Å². The third kappa shape index (κ3) is 4.55. The summed E-state index contributed by atoms with van der Waals surface area (Å²) in [6.45, 7) is 0.669. The van der Waals surface area contributed by atoms with Crippen LogP contribution in [0.4, 0.5) is 11.8 Å². The van der Waals surface area contributed by atoms with Gasteiger partial charge in [0.05, 0.1) is 23.0 Å². The van der Waals surface area contributed by atoms with Gasteiger partial charge in [-0.3, -0.25) is 9.78 Å². The summed E-state index contributed by atoms with van der Waals surface area (Å²) in [7, 11) is 3.84. The number of likely N-dealkylation sites (tertiary alicyclic amines) is 1. The van der Waals surface area contributed by atoms with E-state index in [9.17, 15) is 4.79 Å². The van der Waals surface area contributed by atoms with E-state index in [2.05, 4.69) is 15.0 Å². The Labute approximate surface area is 204 Å². The molecule has 2 N–H and O–H groups in total. The average Bonchev–Trinajstić information content (AvgIpc) is 3.39. The van der Waals surface area contributed by atoms with Crippen LogP contribution < -0.4 is 10.6 Å². The van der Waals surface area contributed by atoms with Crippen LogP contribution in [0.15, 0.2) is 73.2 Å². The van der Waals surface area contributed by atoms with Crippen molar-refractivity contribution >= 4 is 17.7 Å². The van der Waals surface area contributed by atoms with Crippen molar-refractivity contribution < 1.29 is 4.79 Å². The standard InChI is InChI=1S/C27H27N7O/c1-33(2)27-31-17-21(18-7-4-3-5-8-18)25(32-27)23-9-6-14-34(23)26(35)20-10-12-22(29-16-20)19-11-13-24(28)30-15-19/h3-5,7-8,10-13,15-17,23H,6,9,14H2,1-2H3,(H2,28,30)/t23-/m0/s1. The maximum absolute atomic E-state index is 13.6. The fourth-order valence-electron chi connectivity index (χ4n) is 4.40. The zero-order valence-electron chi connectivity index (χ0n) is 19.8. The van der Waals surface area contributed by atoms with E-state index in [0.717, 1.165) is 40.9 Å². The van der Waals surface area contributed by atoms with Crippen molar-refractivity contribution in [1.29, 1.82) is 0 Å². The number of nitrogens with two attached hydrogens (primary N) is 1. The van der Waals surface area contributed by atoms with Gasteiger partial charge in [0.2, 0.25) is 5.95 Å². The number of anilines is 2. The second kappa shape index (κ2) is 9.50. The molecule has 8 heteroatoms. The van der Waals surface area contributed by atoms with Crippen molar-refractivity contribution in [1.82, 2.24) is 24.8 Å². The minimum Gasteiger partial charge on any atom is -0.384 e. The Balaban J connectivity index is 1.47. The topological polar surface area (TPSA) is 101 Å². The van der Waals surface area contributed by atoms with Crippen LogP contribution in [-0.2, 0) is 0 Å². The Morgan fingerprint density at radius 3 is 2.46 bits per heavy atom. The minimum absolute atomic E-state index is 0.0500. The summed E-state index contributed by atoms with van der Waals surface area (Å²) < 4.78 is 0. The molecular weight excluding hydrogens is 438 g/mol. The summed E-state index contributed by atoms with van der Waals surface area (Å²) in [5.74, 6) is 1.03. The van der Waals surface area contributed by atoms with E-state index in [1.165, 1.54) is 0 Å². The van der Waals surface area contributed by atoms with Crippen molar-refractivity contribution in [2.75, 3.05) is 31.3 Å². The van der Waals surface area contributed by atoms with Crippen molar-refractivity contribution in [3.63, 3.8) is 0 Å². The Morgan fingerprint density at radius 2 is 1.77 bits per heavy atom. The predicted molar refractivity (Wildman–Crippen MR) is 137 cm³/mol. The second-order valence-electron chi connectivity index (χ2n) is 8.79. The summed E-state index contributed by atoms with van der Waals surface area (Å²) in [4.78, 5) is 35.5. The number of nitrogens with zero attached hydrogens (tertiary/aromatic N) is 6. The van der Waals surface area contributed by atoms with Crippen LogP contribution in [0.5, 0.6) is 0 Å². The maximum atomic E-state index is 13.6. The van der Waals surface area contributed by atoms with Gasteiger partial charge >= 0.3 is 0 Å². The molecule has 0 spiro atoms. The van der Waals surface area contributed by atoms with Crippen LogP contribution in [0.2, 0.25) is 0 Å². The molecule has 1 atom stereocenters. The van der Waals surface area contributed by atoms with Gasteiger partial charge in [0.25, 0.3) is 5.91 Å². The molecule has 0 unspecified atom stereocenters. The maximum Gasteiger partial charge on any atom is 0.255 e. The van der Waals surface area contributed by atoms with Crippen molar-refractivity contribution in [2.24, 2.45) is 0 Å². The first-order chi connectivity index (χ1) is 17.0. The number of rotatable bonds is 5. The second-order valence-corrected chi connectivity index (χ2v) is 8.79. The largest absolute Gasteiger partial charge is 0.384 e. The van der Waals surface area contributed by atoms with Crippen LogP contribution in [0.1, 0.15) is 34.9 Å². The highest BCUT2D eigenvalue weighted by Crippen LogP contribution is 2.38. The first-order valence-electron chi connectivity index (χ1n) is 11.6. The van der Waals surface area contributed by atoms with Crippen LogP contribution in [-0.4, -0.2) is 51.4 Å². The van der Waals surface area contributed by atoms with Gasteiger partial charge in [-0.15, -0.1) is 0 Å². The zero-order valence-corrected chi connectivity index (χ0v) is 19.8. The molecular formula is C27H27N7O. The molecule has 8 nitrogen and oxygen atoms in total. The number of carbonyl (C=O) groups is 1. The summed E-state index contributed by atoms with van der Waals surface area (Å²) in [5.41, 5.74) is 10.7. The number of hydrogen-bond acceptors (Lipinski definition) is 7. The zero-order chi connectivity index (χ0) is 24.4. The number of hydrogen-bond donors (Lipinski definition) is 1. The quantitative estimate of drug-likeness (QED) is 0.471. The van der Waals surface area contributed by atoms with Gasteiger partial charge in [0.1, 0.15) is 5.82 Å². The molecule has 4 aromatic rings. The fourth-order valence-corrected chi connectivity index (χ4v) is 4.40. The van der Waals surface area contributed by atoms with Gasteiger partial charge in [-0.25, -0.2) is 15.0 Å². The monoisotopic (exact) mass is 465 g/mol. The van der Waals surface area contributed by atoms with E-state index in [-0.39, 0.29) is 11.9 Å². The first-order valence-corrected chi connectivity index (χ1v) is 11.6.